The van der Waals surface area contributed by atoms with Crippen molar-refractivity contribution in [1.29, 1.82) is 0 Å². The number of benzene rings is 1. The molecular weight excluding hydrogens is 196 g/mol. The van der Waals surface area contributed by atoms with Crippen LogP contribution in [0.3, 0.4) is 0 Å². The van der Waals surface area contributed by atoms with Crippen LogP contribution >= 0.6 is 0 Å². The van der Waals surface area contributed by atoms with Gasteiger partial charge in [-0.1, -0.05) is 30.4 Å². The Kier molecular flexibility index (Phi) is 3.62. The summed E-state index contributed by atoms with van der Waals surface area (Å²) in [5.41, 5.74) is 2.60. The zero-order valence-corrected chi connectivity index (χ0v) is 10.0. The highest BCUT2D eigenvalue weighted by molar-refractivity contribution is 5.46. The molecule has 0 atom stereocenters. The Morgan fingerprint density at radius 3 is 2.31 bits per heavy atom. The number of anilines is 1. The molecule has 2 nitrogen and oxygen atoms in total. The highest BCUT2D eigenvalue weighted by atomic mass is 15.3. The minimum atomic E-state index is 1.04. The van der Waals surface area contributed by atoms with Gasteiger partial charge in [0, 0.05) is 38.4 Å². The zero-order chi connectivity index (χ0) is 11.4. The minimum absolute atomic E-state index is 1.04. The summed E-state index contributed by atoms with van der Waals surface area (Å²) in [7, 11) is 0. The Balaban J connectivity index is 1.88. The third kappa shape index (κ3) is 2.86. The number of para-hydroxylation sites is 1. The van der Waals surface area contributed by atoms with Crippen LogP contribution in [0.15, 0.2) is 42.5 Å². The van der Waals surface area contributed by atoms with Crippen molar-refractivity contribution in [2.45, 2.75) is 6.92 Å². The van der Waals surface area contributed by atoms with Crippen LogP contribution in [0.2, 0.25) is 0 Å². The Bertz CT molecular complexity index is 337. The van der Waals surface area contributed by atoms with Gasteiger partial charge >= 0.3 is 0 Å². The van der Waals surface area contributed by atoms with Gasteiger partial charge in [0.25, 0.3) is 0 Å². The summed E-state index contributed by atoms with van der Waals surface area (Å²) in [4.78, 5) is 4.93. The molecule has 0 bridgehead atoms. The average molecular weight is 216 g/mol. The molecule has 0 unspecified atom stereocenters. The second kappa shape index (κ2) is 5.17. The van der Waals surface area contributed by atoms with E-state index >= 15 is 0 Å². The Morgan fingerprint density at radius 2 is 1.75 bits per heavy atom. The molecule has 0 saturated carbocycles. The molecule has 1 fully saturated rings. The van der Waals surface area contributed by atoms with E-state index in [1.807, 2.05) is 0 Å². The van der Waals surface area contributed by atoms with Gasteiger partial charge in [-0.15, -0.1) is 0 Å². The molecule has 1 heterocycles. The molecular formula is C14H20N2. The van der Waals surface area contributed by atoms with Crippen LogP contribution in [-0.2, 0) is 0 Å². The number of hydrogen-bond donors (Lipinski definition) is 0. The van der Waals surface area contributed by atoms with Crippen LogP contribution < -0.4 is 4.90 Å². The normalized spacial score (nSPS) is 17.4. The zero-order valence-electron chi connectivity index (χ0n) is 10.0. The fourth-order valence-corrected chi connectivity index (χ4v) is 2.18. The summed E-state index contributed by atoms with van der Waals surface area (Å²) in [6.07, 6.45) is 0. The van der Waals surface area contributed by atoms with E-state index in [2.05, 4.69) is 53.6 Å². The van der Waals surface area contributed by atoms with Crippen LogP contribution in [0.25, 0.3) is 0 Å². The lowest BCUT2D eigenvalue weighted by atomic mass is 10.2. The molecule has 2 heteroatoms. The lowest BCUT2D eigenvalue weighted by Crippen LogP contribution is -2.46. The predicted octanol–water partition coefficient (Wildman–Crippen LogP) is 2.38. The van der Waals surface area contributed by atoms with Crippen molar-refractivity contribution < 1.29 is 0 Å². The van der Waals surface area contributed by atoms with Crippen LogP contribution in [0.5, 0.6) is 0 Å². The highest BCUT2D eigenvalue weighted by Crippen LogP contribution is 2.15. The van der Waals surface area contributed by atoms with E-state index in [1.165, 1.54) is 11.3 Å². The van der Waals surface area contributed by atoms with Gasteiger partial charge in [0.1, 0.15) is 0 Å². The van der Waals surface area contributed by atoms with Crippen molar-refractivity contribution in [3.8, 4) is 0 Å². The van der Waals surface area contributed by atoms with Crippen LogP contribution in [0, 0.1) is 0 Å². The summed E-state index contributed by atoms with van der Waals surface area (Å²) in [5, 5.41) is 0. The predicted molar refractivity (Wildman–Crippen MR) is 69.9 cm³/mol. The molecule has 0 N–H and O–H groups in total. The van der Waals surface area contributed by atoms with Crippen molar-refractivity contribution in [3.05, 3.63) is 42.5 Å². The minimum Gasteiger partial charge on any atom is -0.369 e. The van der Waals surface area contributed by atoms with E-state index < -0.39 is 0 Å². The molecule has 0 spiro atoms. The van der Waals surface area contributed by atoms with Gasteiger partial charge in [-0.2, -0.15) is 0 Å². The van der Waals surface area contributed by atoms with Gasteiger partial charge in [0.15, 0.2) is 0 Å². The molecule has 1 aromatic carbocycles. The van der Waals surface area contributed by atoms with Gasteiger partial charge < -0.3 is 4.90 Å². The topological polar surface area (TPSA) is 6.48 Å². The van der Waals surface area contributed by atoms with Crippen molar-refractivity contribution in [2.75, 3.05) is 37.6 Å². The molecule has 0 aliphatic carbocycles. The van der Waals surface area contributed by atoms with Crippen molar-refractivity contribution in [3.63, 3.8) is 0 Å². The molecule has 1 aromatic rings. The van der Waals surface area contributed by atoms with Crippen LogP contribution in [-0.4, -0.2) is 37.6 Å². The Labute approximate surface area is 98.2 Å². The molecule has 1 aliphatic heterocycles. The number of piperazine rings is 1. The van der Waals surface area contributed by atoms with Gasteiger partial charge in [0.2, 0.25) is 0 Å². The summed E-state index contributed by atoms with van der Waals surface area (Å²) in [6, 6.07) is 10.7. The SMILES string of the molecule is C=C(C)CN1CCN(c2ccccc2)CC1. The summed E-state index contributed by atoms with van der Waals surface area (Å²) in [6.45, 7) is 11.6. The molecule has 0 radical (unpaired) electrons. The Hall–Kier alpha value is -1.28. The fourth-order valence-electron chi connectivity index (χ4n) is 2.18. The number of nitrogens with zero attached hydrogens (tertiary/aromatic N) is 2. The quantitative estimate of drug-likeness (QED) is 0.716. The van der Waals surface area contributed by atoms with Gasteiger partial charge in [-0.25, -0.2) is 0 Å². The smallest absolute Gasteiger partial charge is 0.0367 e. The van der Waals surface area contributed by atoms with E-state index in [0.717, 1.165) is 32.7 Å². The molecule has 2 rings (SSSR count). The summed E-state index contributed by atoms with van der Waals surface area (Å²) in [5.74, 6) is 0. The van der Waals surface area contributed by atoms with Crippen molar-refractivity contribution in [2.24, 2.45) is 0 Å². The van der Waals surface area contributed by atoms with Crippen molar-refractivity contribution in [1.82, 2.24) is 4.90 Å². The third-order valence-electron chi connectivity index (χ3n) is 2.99. The van der Waals surface area contributed by atoms with E-state index in [0.29, 0.717) is 0 Å². The van der Waals surface area contributed by atoms with Gasteiger partial charge in [0.05, 0.1) is 0 Å². The standard InChI is InChI=1S/C14H20N2/c1-13(2)12-15-8-10-16(11-9-15)14-6-4-3-5-7-14/h3-7H,1,8-12H2,2H3. The van der Waals surface area contributed by atoms with E-state index in [9.17, 15) is 0 Å². The lowest BCUT2D eigenvalue weighted by molar-refractivity contribution is 0.278. The van der Waals surface area contributed by atoms with Crippen LogP contribution in [0.1, 0.15) is 6.92 Å². The first kappa shape index (κ1) is 11.2. The van der Waals surface area contributed by atoms with Crippen molar-refractivity contribution >= 4 is 5.69 Å². The number of rotatable bonds is 3. The fraction of sp³-hybridized carbons (Fsp3) is 0.429. The Morgan fingerprint density at radius 1 is 1.12 bits per heavy atom. The largest absolute Gasteiger partial charge is 0.369 e. The maximum atomic E-state index is 3.97. The molecule has 0 amide bonds. The molecule has 16 heavy (non-hydrogen) atoms. The first-order valence-corrected chi connectivity index (χ1v) is 5.92. The van der Waals surface area contributed by atoms with E-state index in [4.69, 9.17) is 0 Å². The lowest BCUT2D eigenvalue weighted by Gasteiger charge is -2.36. The van der Waals surface area contributed by atoms with Crippen LogP contribution in [0.4, 0.5) is 5.69 Å². The third-order valence-corrected chi connectivity index (χ3v) is 2.99. The molecule has 86 valence electrons. The monoisotopic (exact) mass is 216 g/mol. The molecule has 0 aromatic heterocycles. The maximum Gasteiger partial charge on any atom is 0.0367 e. The second-order valence-electron chi connectivity index (χ2n) is 4.56. The summed E-state index contributed by atoms with van der Waals surface area (Å²) >= 11 is 0. The molecule has 1 aliphatic rings. The van der Waals surface area contributed by atoms with E-state index in [-0.39, 0.29) is 0 Å². The first-order valence-electron chi connectivity index (χ1n) is 5.92. The molecule has 1 saturated heterocycles. The summed E-state index contributed by atoms with van der Waals surface area (Å²) < 4.78 is 0. The highest BCUT2D eigenvalue weighted by Gasteiger charge is 2.16. The van der Waals surface area contributed by atoms with E-state index in [1.54, 1.807) is 0 Å². The second-order valence-corrected chi connectivity index (χ2v) is 4.56. The first-order chi connectivity index (χ1) is 7.75. The van der Waals surface area contributed by atoms with Gasteiger partial charge in [-0.05, 0) is 19.1 Å². The van der Waals surface area contributed by atoms with Gasteiger partial charge in [-0.3, -0.25) is 4.90 Å². The number of hydrogen-bond acceptors (Lipinski definition) is 2. The average Bonchev–Trinajstić information content (AvgIpc) is 2.30. The maximum absolute atomic E-state index is 3.97.